The van der Waals surface area contributed by atoms with Crippen molar-refractivity contribution in [3.05, 3.63) is 164 Å². The summed E-state index contributed by atoms with van der Waals surface area (Å²) < 4.78 is 6.22. The van der Waals surface area contributed by atoms with Crippen LogP contribution in [0.15, 0.2) is 168 Å². The Labute approximate surface area is 282 Å². The van der Waals surface area contributed by atoms with Crippen molar-refractivity contribution in [1.29, 1.82) is 0 Å². The van der Waals surface area contributed by atoms with E-state index in [2.05, 4.69) is 146 Å². The van der Waals surface area contributed by atoms with Crippen LogP contribution in [0.25, 0.3) is 99.5 Å². The second kappa shape index (κ2) is 11.0. The molecule has 10 aromatic rings. The molecule has 0 atom stereocenters. The average molecular weight is 626 g/mol. The van der Waals surface area contributed by atoms with Gasteiger partial charge in [0.05, 0.1) is 0 Å². The molecule has 4 nitrogen and oxygen atoms in total. The van der Waals surface area contributed by atoms with Crippen LogP contribution in [-0.4, -0.2) is 15.0 Å². The number of fused-ring (bicyclic) bond motifs is 6. The lowest BCUT2D eigenvalue weighted by Crippen LogP contribution is -2.00. The van der Waals surface area contributed by atoms with Gasteiger partial charge in [0.25, 0.3) is 0 Å². The van der Waals surface area contributed by atoms with Gasteiger partial charge in [0.15, 0.2) is 17.5 Å². The zero-order valence-corrected chi connectivity index (χ0v) is 26.3. The van der Waals surface area contributed by atoms with Crippen LogP contribution < -0.4 is 0 Å². The van der Waals surface area contributed by atoms with Crippen molar-refractivity contribution >= 4 is 54.3 Å². The standard InChI is InChI=1S/C45H27N3O/c1-3-11-30-25-33(21-19-28(30)9-1)43-46-44(34-22-20-29-10-2-4-12-31(29)26-34)48-45(47-43)35-23-24-36-32(27-35)13-7-15-37(36)38-16-8-18-41-42(38)39-14-5-6-17-40(39)49-41/h1-27H. The fourth-order valence-electron chi connectivity index (χ4n) is 7.08. The van der Waals surface area contributed by atoms with Crippen LogP contribution in [0.2, 0.25) is 0 Å². The van der Waals surface area contributed by atoms with Crippen molar-refractivity contribution < 1.29 is 4.42 Å². The van der Waals surface area contributed by atoms with Crippen molar-refractivity contribution in [1.82, 2.24) is 15.0 Å². The lowest BCUT2D eigenvalue weighted by Gasteiger charge is -2.12. The minimum absolute atomic E-state index is 0.636. The molecule has 2 heterocycles. The molecule has 0 saturated carbocycles. The van der Waals surface area contributed by atoms with E-state index in [-0.39, 0.29) is 0 Å². The summed E-state index contributed by atoms with van der Waals surface area (Å²) in [5.41, 5.74) is 6.93. The smallest absolute Gasteiger partial charge is 0.164 e. The van der Waals surface area contributed by atoms with E-state index in [4.69, 9.17) is 19.4 Å². The van der Waals surface area contributed by atoms with E-state index in [0.717, 1.165) is 71.3 Å². The minimum Gasteiger partial charge on any atom is -0.456 e. The third-order valence-electron chi connectivity index (χ3n) is 9.48. The van der Waals surface area contributed by atoms with Gasteiger partial charge in [0.2, 0.25) is 0 Å². The Morgan fingerprint density at radius 1 is 0.327 bits per heavy atom. The Hall–Kier alpha value is -6.65. The lowest BCUT2D eigenvalue weighted by molar-refractivity contribution is 0.669. The summed E-state index contributed by atoms with van der Waals surface area (Å²) in [6.07, 6.45) is 0. The second-order valence-electron chi connectivity index (χ2n) is 12.4. The maximum atomic E-state index is 6.22. The highest BCUT2D eigenvalue weighted by Crippen LogP contribution is 2.40. The largest absolute Gasteiger partial charge is 0.456 e. The number of furan rings is 1. The van der Waals surface area contributed by atoms with Gasteiger partial charge in [-0.1, -0.05) is 133 Å². The average Bonchev–Trinajstić information content (AvgIpc) is 3.56. The summed E-state index contributed by atoms with van der Waals surface area (Å²) >= 11 is 0. The Balaban J connectivity index is 1.15. The highest BCUT2D eigenvalue weighted by atomic mass is 16.3. The number of hydrogen-bond acceptors (Lipinski definition) is 4. The lowest BCUT2D eigenvalue weighted by atomic mass is 9.94. The van der Waals surface area contributed by atoms with E-state index in [0.29, 0.717) is 17.5 Å². The summed E-state index contributed by atoms with van der Waals surface area (Å²) in [5, 5.41) is 9.17. The topological polar surface area (TPSA) is 51.8 Å². The molecule has 0 aliphatic rings. The highest BCUT2D eigenvalue weighted by molar-refractivity contribution is 6.15. The predicted octanol–water partition coefficient (Wildman–Crippen LogP) is 11.9. The van der Waals surface area contributed by atoms with Crippen LogP contribution in [-0.2, 0) is 0 Å². The number of nitrogens with zero attached hydrogens (tertiary/aromatic N) is 3. The van der Waals surface area contributed by atoms with Crippen LogP contribution in [0.1, 0.15) is 0 Å². The Bertz CT molecular complexity index is 2810. The molecule has 10 rings (SSSR count). The number of hydrogen-bond donors (Lipinski definition) is 0. The van der Waals surface area contributed by atoms with Crippen molar-refractivity contribution in [3.8, 4) is 45.3 Å². The zero-order chi connectivity index (χ0) is 32.3. The molecule has 0 N–H and O–H groups in total. The molecular formula is C45H27N3O. The van der Waals surface area contributed by atoms with E-state index in [1.54, 1.807) is 0 Å². The van der Waals surface area contributed by atoms with Crippen LogP contribution >= 0.6 is 0 Å². The second-order valence-corrected chi connectivity index (χ2v) is 12.4. The molecule has 0 saturated heterocycles. The summed E-state index contributed by atoms with van der Waals surface area (Å²) in [4.78, 5) is 15.2. The van der Waals surface area contributed by atoms with Gasteiger partial charge in [-0.25, -0.2) is 15.0 Å². The van der Waals surface area contributed by atoms with Gasteiger partial charge in [0.1, 0.15) is 11.2 Å². The maximum absolute atomic E-state index is 6.22. The number of rotatable bonds is 4. The SMILES string of the molecule is c1ccc2cc(-c3nc(-c4ccc5ccccc5c4)nc(-c4ccc5c(-c6cccc7oc8ccccc8c67)cccc5c4)n3)ccc2c1. The minimum atomic E-state index is 0.636. The van der Waals surface area contributed by atoms with Gasteiger partial charge in [0, 0.05) is 27.5 Å². The molecule has 2 aromatic heterocycles. The first-order valence-corrected chi connectivity index (χ1v) is 16.4. The fraction of sp³-hybridized carbons (Fsp3) is 0. The van der Waals surface area contributed by atoms with Gasteiger partial charge in [-0.3, -0.25) is 0 Å². The summed E-state index contributed by atoms with van der Waals surface area (Å²) in [6.45, 7) is 0. The normalized spacial score (nSPS) is 11.7. The monoisotopic (exact) mass is 625 g/mol. The maximum Gasteiger partial charge on any atom is 0.164 e. The molecule has 228 valence electrons. The molecule has 0 unspecified atom stereocenters. The summed E-state index contributed by atoms with van der Waals surface area (Å²) in [6, 6.07) is 57.0. The molecule has 0 radical (unpaired) electrons. The molecule has 0 amide bonds. The van der Waals surface area contributed by atoms with Crippen molar-refractivity contribution in [3.63, 3.8) is 0 Å². The van der Waals surface area contributed by atoms with Crippen molar-refractivity contribution in [2.45, 2.75) is 0 Å². The first-order chi connectivity index (χ1) is 24.2. The summed E-state index contributed by atoms with van der Waals surface area (Å²) in [5.74, 6) is 1.93. The molecule has 0 fully saturated rings. The van der Waals surface area contributed by atoms with E-state index in [1.807, 2.05) is 18.2 Å². The van der Waals surface area contributed by atoms with Crippen molar-refractivity contribution in [2.75, 3.05) is 0 Å². The Morgan fingerprint density at radius 3 is 1.49 bits per heavy atom. The predicted molar refractivity (Wildman–Crippen MR) is 201 cm³/mol. The molecule has 49 heavy (non-hydrogen) atoms. The van der Waals surface area contributed by atoms with Crippen LogP contribution in [0, 0.1) is 0 Å². The molecule has 0 aliphatic heterocycles. The highest BCUT2D eigenvalue weighted by Gasteiger charge is 2.17. The number of aromatic nitrogens is 3. The van der Waals surface area contributed by atoms with Crippen LogP contribution in [0.4, 0.5) is 0 Å². The number of benzene rings is 8. The summed E-state index contributed by atoms with van der Waals surface area (Å²) in [7, 11) is 0. The molecule has 4 heteroatoms. The molecule has 8 aromatic carbocycles. The Morgan fingerprint density at radius 2 is 0.816 bits per heavy atom. The van der Waals surface area contributed by atoms with Crippen molar-refractivity contribution in [2.24, 2.45) is 0 Å². The van der Waals surface area contributed by atoms with Gasteiger partial charge in [-0.2, -0.15) is 0 Å². The van der Waals surface area contributed by atoms with Gasteiger partial charge >= 0.3 is 0 Å². The van der Waals surface area contributed by atoms with Gasteiger partial charge < -0.3 is 4.42 Å². The molecule has 0 bridgehead atoms. The van der Waals surface area contributed by atoms with E-state index in [9.17, 15) is 0 Å². The molecular weight excluding hydrogens is 599 g/mol. The fourth-order valence-corrected chi connectivity index (χ4v) is 7.08. The zero-order valence-electron chi connectivity index (χ0n) is 26.3. The quantitative estimate of drug-likeness (QED) is 0.195. The van der Waals surface area contributed by atoms with Gasteiger partial charge in [-0.05, 0) is 73.8 Å². The molecule has 0 spiro atoms. The third-order valence-corrected chi connectivity index (χ3v) is 9.48. The van der Waals surface area contributed by atoms with E-state index >= 15 is 0 Å². The molecule has 0 aliphatic carbocycles. The van der Waals surface area contributed by atoms with Crippen LogP contribution in [0.5, 0.6) is 0 Å². The first kappa shape index (κ1) is 27.5. The third kappa shape index (κ3) is 4.65. The first-order valence-electron chi connectivity index (χ1n) is 16.4. The van der Waals surface area contributed by atoms with E-state index in [1.165, 1.54) is 10.8 Å². The van der Waals surface area contributed by atoms with Crippen LogP contribution in [0.3, 0.4) is 0 Å². The Kier molecular flexibility index (Phi) is 6.15. The van der Waals surface area contributed by atoms with Gasteiger partial charge in [-0.15, -0.1) is 0 Å². The van der Waals surface area contributed by atoms with E-state index < -0.39 is 0 Å². The number of para-hydroxylation sites is 1.